The van der Waals surface area contributed by atoms with Crippen LogP contribution >= 0.6 is 11.8 Å². The standard InChI is InChI=1S/C19H24N4O2S/c24-19(16-4-9-26-10-5-16)22-11-17-3-8-21-23(17)18(12-22)14-25-13-15-1-6-20-7-2-15/h1-3,6-8,16,18H,4-5,9-14H2/t18-/m0/s1. The Hall–Kier alpha value is -1.86. The number of pyridine rings is 1. The zero-order valence-corrected chi connectivity index (χ0v) is 15.6. The minimum atomic E-state index is 0.0671. The molecule has 7 heteroatoms. The molecule has 26 heavy (non-hydrogen) atoms. The zero-order chi connectivity index (χ0) is 17.8. The van der Waals surface area contributed by atoms with Crippen molar-refractivity contribution in [3.8, 4) is 0 Å². The van der Waals surface area contributed by atoms with E-state index in [0.29, 0.717) is 32.2 Å². The molecule has 1 amide bonds. The van der Waals surface area contributed by atoms with Crippen LogP contribution in [0.15, 0.2) is 36.8 Å². The quantitative estimate of drug-likeness (QED) is 0.807. The summed E-state index contributed by atoms with van der Waals surface area (Å²) in [6, 6.07) is 5.98. The topological polar surface area (TPSA) is 60.2 Å². The van der Waals surface area contributed by atoms with Crippen molar-refractivity contribution >= 4 is 17.7 Å². The predicted molar refractivity (Wildman–Crippen MR) is 101 cm³/mol. The van der Waals surface area contributed by atoms with Gasteiger partial charge in [0.25, 0.3) is 0 Å². The van der Waals surface area contributed by atoms with E-state index in [-0.39, 0.29) is 12.0 Å². The Balaban J connectivity index is 1.40. The van der Waals surface area contributed by atoms with Crippen molar-refractivity contribution in [1.82, 2.24) is 19.7 Å². The Morgan fingerprint density at radius 3 is 2.81 bits per heavy atom. The van der Waals surface area contributed by atoms with E-state index in [1.807, 2.05) is 45.7 Å². The van der Waals surface area contributed by atoms with E-state index >= 15 is 0 Å². The number of carbonyl (C=O) groups is 1. The lowest BCUT2D eigenvalue weighted by molar-refractivity contribution is -0.138. The summed E-state index contributed by atoms with van der Waals surface area (Å²) in [4.78, 5) is 19.0. The number of hydrogen-bond donors (Lipinski definition) is 0. The molecule has 0 saturated carbocycles. The summed E-state index contributed by atoms with van der Waals surface area (Å²) in [5.74, 6) is 2.68. The minimum Gasteiger partial charge on any atom is -0.374 e. The average Bonchev–Trinajstić information content (AvgIpc) is 3.18. The third kappa shape index (κ3) is 3.94. The van der Waals surface area contributed by atoms with Crippen LogP contribution in [-0.2, 0) is 22.7 Å². The lowest BCUT2D eigenvalue weighted by Gasteiger charge is -2.36. The molecule has 138 valence electrons. The third-order valence-corrected chi connectivity index (χ3v) is 6.14. The van der Waals surface area contributed by atoms with Crippen LogP contribution in [0.1, 0.15) is 30.1 Å². The first-order chi connectivity index (χ1) is 12.8. The van der Waals surface area contributed by atoms with Crippen LogP contribution in [-0.4, -0.2) is 50.2 Å². The van der Waals surface area contributed by atoms with E-state index < -0.39 is 0 Å². The number of thioether (sulfide) groups is 1. The number of aromatic nitrogens is 3. The zero-order valence-electron chi connectivity index (χ0n) is 14.8. The molecule has 0 unspecified atom stereocenters. The monoisotopic (exact) mass is 372 g/mol. The number of fused-ring (bicyclic) bond motifs is 1. The first-order valence-electron chi connectivity index (χ1n) is 9.17. The maximum atomic E-state index is 13.0. The highest BCUT2D eigenvalue weighted by Gasteiger charge is 2.32. The van der Waals surface area contributed by atoms with Crippen molar-refractivity contribution in [2.24, 2.45) is 5.92 Å². The molecule has 0 N–H and O–H groups in total. The SMILES string of the molecule is O=C(C1CCSCC1)N1Cc2ccnn2[C@H](COCc2ccncc2)C1. The molecule has 1 saturated heterocycles. The largest absolute Gasteiger partial charge is 0.374 e. The highest BCUT2D eigenvalue weighted by atomic mass is 32.2. The van der Waals surface area contributed by atoms with Gasteiger partial charge >= 0.3 is 0 Å². The second kappa shape index (κ2) is 8.22. The van der Waals surface area contributed by atoms with Crippen LogP contribution in [0.25, 0.3) is 0 Å². The summed E-state index contributed by atoms with van der Waals surface area (Å²) < 4.78 is 7.95. The van der Waals surface area contributed by atoms with Gasteiger partial charge in [-0.15, -0.1) is 0 Å². The molecule has 6 nitrogen and oxygen atoms in total. The molecule has 2 aromatic rings. The van der Waals surface area contributed by atoms with E-state index in [9.17, 15) is 4.79 Å². The van der Waals surface area contributed by atoms with Gasteiger partial charge < -0.3 is 9.64 Å². The van der Waals surface area contributed by atoms with Gasteiger partial charge in [-0.05, 0) is 48.1 Å². The second-order valence-corrected chi connectivity index (χ2v) is 8.12. The molecule has 2 aliphatic heterocycles. The van der Waals surface area contributed by atoms with Crippen LogP contribution in [0.2, 0.25) is 0 Å². The van der Waals surface area contributed by atoms with E-state index in [4.69, 9.17) is 4.74 Å². The smallest absolute Gasteiger partial charge is 0.226 e. The Labute approximate surface area is 157 Å². The molecule has 2 aromatic heterocycles. The lowest BCUT2D eigenvalue weighted by atomic mass is 10.00. The maximum Gasteiger partial charge on any atom is 0.226 e. The summed E-state index contributed by atoms with van der Waals surface area (Å²) in [7, 11) is 0. The molecule has 0 radical (unpaired) electrons. The Bertz CT molecular complexity index is 730. The van der Waals surface area contributed by atoms with Gasteiger partial charge in [0.05, 0.1) is 31.5 Å². The molecule has 0 spiro atoms. The number of amides is 1. The van der Waals surface area contributed by atoms with Gasteiger partial charge in [-0.2, -0.15) is 16.9 Å². The predicted octanol–water partition coefficient (Wildman–Crippen LogP) is 2.52. The number of rotatable bonds is 5. The van der Waals surface area contributed by atoms with Crippen LogP contribution in [0.4, 0.5) is 0 Å². The van der Waals surface area contributed by atoms with Crippen molar-refractivity contribution < 1.29 is 9.53 Å². The van der Waals surface area contributed by atoms with Gasteiger partial charge in [0, 0.05) is 31.1 Å². The Morgan fingerprint density at radius 1 is 1.19 bits per heavy atom. The molecule has 0 aliphatic carbocycles. The fourth-order valence-corrected chi connectivity index (χ4v) is 4.78. The summed E-state index contributed by atoms with van der Waals surface area (Å²) in [5, 5.41) is 4.46. The molecule has 1 fully saturated rings. The first-order valence-corrected chi connectivity index (χ1v) is 10.3. The maximum absolute atomic E-state index is 13.0. The third-order valence-electron chi connectivity index (χ3n) is 5.09. The van der Waals surface area contributed by atoms with Gasteiger partial charge in [0.15, 0.2) is 0 Å². The molecule has 4 heterocycles. The number of ether oxygens (including phenoxy) is 1. The summed E-state index contributed by atoms with van der Waals surface area (Å²) in [6.07, 6.45) is 7.36. The first kappa shape index (κ1) is 17.5. The molecule has 0 bridgehead atoms. The Morgan fingerprint density at radius 2 is 2.00 bits per heavy atom. The van der Waals surface area contributed by atoms with Gasteiger partial charge in [0.2, 0.25) is 5.91 Å². The fourth-order valence-electron chi connectivity index (χ4n) is 3.67. The Kier molecular flexibility index (Phi) is 5.55. The molecule has 4 rings (SSSR count). The van der Waals surface area contributed by atoms with Crippen molar-refractivity contribution in [2.75, 3.05) is 24.7 Å². The highest BCUT2D eigenvalue weighted by molar-refractivity contribution is 7.99. The van der Waals surface area contributed by atoms with Gasteiger partial charge in [-0.25, -0.2) is 0 Å². The fraction of sp³-hybridized carbons (Fsp3) is 0.526. The van der Waals surface area contributed by atoms with Gasteiger partial charge in [-0.1, -0.05) is 0 Å². The normalized spacial score (nSPS) is 20.8. The van der Waals surface area contributed by atoms with E-state index in [1.54, 1.807) is 12.4 Å². The molecule has 2 aliphatic rings. The van der Waals surface area contributed by atoms with Gasteiger partial charge in [-0.3, -0.25) is 14.5 Å². The van der Waals surface area contributed by atoms with Crippen molar-refractivity contribution in [3.05, 3.63) is 48.0 Å². The second-order valence-electron chi connectivity index (χ2n) is 6.90. The van der Waals surface area contributed by atoms with Crippen molar-refractivity contribution in [3.63, 3.8) is 0 Å². The van der Waals surface area contributed by atoms with Crippen molar-refractivity contribution in [2.45, 2.75) is 32.0 Å². The van der Waals surface area contributed by atoms with Crippen molar-refractivity contribution in [1.29, 1.82) is 0 Å². The lowest BCUT2D eigenvalue weighted by Crippen LogP contribution is -2.45. The average molecular weight is 372 g/mol. The van der Waals surface area contributed by atoms with Crippen LogP contribution in [0.3, 0.4) is 0 Å². The summed E-state index contributed by atoms with van der Waals surface area (Å²) in [5.41, 5.74) is 2.19. The summed E-state index contributed by atoms with van der Waals surface area (Å²) >= 11 is 1.95. The van der Waals surface area contributed by atoms with Crippen LogP contribution in [0, 0.1) is 5.92 Å². The number of hydrogen-bond acceptors (Lipinski definition) is 5. The summed E-state index contributed by atoms with van der Waals surface area (Å²) in [6.45, 7) is 2.42. The number of nitrogens with zero attached hydrogens (tertiary/aromatic N) is 4. The highest BCUT2D eigenvalue weighted by Crippen LogP contribution is 2.28. The molecular weight excluding hydrogens is 348 g/mol. The van der Waals surface area contributed by atoms with E-state index in [0.717, 1.165) is 35.6 Å². The number of carbonyl (C=O) groups excluding carboxylic acids is 1. The molecule has 1 atom stereocenters. The molecule has 0 aromatic carbocycles. The van der Waals surface area contributed by atoms with Crippen LogP contribution < -0.4 is 0 Å². The van der Waals surface area contributed by atoms with Crippen LogP contribution in [0.5, 0.6) is 0 Å². The minimum absolute atomic E-state index is 0.0671. The van der Waals surface area contributed by atoms with Gasteiger partial charge in [0.1, 0.15) is 0 Å². The van der Waals surface area contributed by atoms with E-state index in [2.05, 4.69) is 10.1 Å². The molecular formula is C19H24N4O2S. The van der Waals surface area contributed by atoms with E-state index in [1.165, 1.54) is 0 Å².